The van der Waals surface area contributed by atoms with Gasteiger partial charge in [-0.25, -0.2) is 0 Å². The summed E-state index contributed by atoms with van der Waals surface area (Å²) in [6.45, 7) is 2.50. The van der Waals surface area contributed by atoms with E-state index in [1.54, 1.807) is 0 Å². The Kier molecular flexibility index (Phi) is 2.94. The highest BCUT2D eigenvalue weighted by molar-refractivity contribution is 5.44. The van der Waals surface area contributed by atoms with Crippen molar-refractivity contribution in [3.05, 3.63) is 23.8 Å². The van der Waals surface area contributed by atoms with Gasteiger partial charge in [0.2, 0.25) is 6.79 Å². The van der Waals surface area contributed by atoms with E-state index >= 15 is 0 Å². The van der Waals surface area contributed by atoms with Crippen molar-refractivity contribution < 1.29 is 14.6 Å². The molecule has 0 saturated heterocycles. The maximum absolute atomic E-state index is 10.2. The van der Waals surface area contributed by atoms with Crippen molar-refractivity contribution in [3.63, 3.8) is 0 Å². The van der Waals surface area contributed by atoms with E-state index in [0.29, 0.717) is 6.79 Å². The summed E-state index contributed by atoms with van der Waals surface area (Å²) in [6.07, 6.45) is 5.05. The van der Waals surface area contributed by atoms with Crippen molar-refractivity contribution in [1.82, 2.24) is 0 Å². The van der Waals surface area contributed by atoms with E-state index in [1.807, 2.05) is 12.1 Å². The SMILES string of the molecule is CCC1([C@@H](O)CCc2ccc3c(c2)OCO3)CC1. The Morgan fingerprint density at radius 1 is 1.28 bits per heavy atom. The molecule has 18 heavy (non-hydrogen) atoms. The minimum atomic E-state index is -0.159. The Morgan fingerprint density at radius 2 is 2.06 bits per heavy atom. The molecule has 0 radical (unpaired) electrons. The second kappa shape index (κ2) is 4.47. The monoisotopic (exact) mass is 248 g/mol. The molecule has 1 fully saturated rings. The van der Waals surface area contributed by atoms with Crippen LogP contribution in [0.5, 0.6) is 11.5 Å². The Bertz CT molecular complexity index is 437. The molecule has 0 unspecified atom stereocenters. The zero-order valence-electron chi connectivity index (χ0n) is 10.8. The van der Waals surface area contributed by atoms with Crippen molar-refractivity contribution in [2.45, 2.75) is 45.1 Å². The fourth-order valence-corrected chi connectivity index (χ4v) is 2.79. The second-order valence-corrected chi connectivity index (χ2v) is 5.46. The fourth-order valence-electron chi connectivity index (χ4n) is 2.79. The molecule has 2 aliphatic rings. The lowest BCUT2D eigenvalue weighted by atomic mass is 9.91. The largest absolute Gasteiger partial charge is 0.454 e. The summed E-state index contributed by atoms with van der Waals surface area (Å²) >= 11 is 0. The molecule has 3 rings (SSSR count). The van der Waals surface area contributed by atoms with E-state index in [2.05, 4.69) is 13.0 Å². The number of hydrogen-bond acceptors (Lipinski definition) is 3. The summed E-state index contributed by atoms with van der Waals surface area (Å²) in [6, 6.07) is 6.04. The predicted molar refractivity (Wildman–Crippen MR) is 68.9 cm³/mol. The average molecular weight is 248 g/mol. The highest BCUT2D eigenvalue weighted by Gasteiger charge is 2.46. The normalized spacial score (nSPS) is 20.8. The molecule has 0 bridgehead atoms. The zero-order valence-corrected chi connectivity index (χ0v) is 10.8. The van der Waals surface area contributed by atoms with Crippen LogP contribution in [0.4, 0.5) is 0 Å². The minimum Gasteiger partial charge on any atom is -0.454 e. The number of rotatable bonds is 5. The standard InChI is InChI=1S/C15H20O3/c1-2-15(7-8-15)14(16)6-4-11-3-5-12-13(9-11)18-10-17-12/h3,5,9,14,16H,2,4,6-8,10H2,1H3/t14-/m0/s1. The van der Waals surface area contributed by atoms with Crippen molar-refractivity contribution in [2.75, 3.05) is 6.79 Å². The van der Waals surface area contributed by atoms with Crippen LogP contribution in [0, 0.1) is 5.41 Å². The van der Waals surface area contributed by atoms with E-state index in [4.69, 9.17) is 9.47 Å². The van der Waals surface area contributed by atoms with Crippen LogP contribution in [-0.4, -0.2) is 18.0 Å². The molecule has 1 atom stereocenters. The quantitative estimate of drug-likeness (QED) is 0.870. The van der Waals surface area contributed by atoms with Crippen LogP contribution in [0.15, 0.2) is 18.2 Å². The minimum absolute atomic E-state index is 0.159. The third kappa shape index (κ3) is 2.07. The van der Waals surface area contributed by atoms with Gasteiger partial charge in [-0.3, -0.25) is 0 Å². The van der Waals surface area contributed by atoms with Gasteiger partial charge in [0.1, 0.15) is 0 Å². The fraction of sp³-hybridized carbons (Fsp3) is 0.600. The molecule has 0 aromatic heterocycles. The lowest BCUT2D eigenvalue weighted by Crippen LogP contribution is -2.21. The van der Waals surface area contributed by atoms with Gasteiger partial charge in [0, 0.05) is 0 Å². The molecule has 0 spiro atoms. The van der Waals surface area contributed by atoms with Gasteiger partial charge in [0.25, 0.3) is 0 Å². The maximum Gasteiger partial charge on any atom is 0.231 e. The Morgan fingerprint density at radius 3 is 2.78 bits per heavy atom. The van der Waals surface area contributed by atoms with Crippen molar-refractivity contribution in [3.8, 4) is 11.5 Å². The van der Waals surface area contributed by atoms with Crippen LogP contribution in [0.2, 0.25) is 0 Å². The first-order valence-electron chi connectivity index (χ1n) is 6.80. The Labute approximate surface area is 108 Å². The summed E-state index contributed by atoms with van der Waals surface area (Å²) in [5.74, 6) is 1.66. The molecule has 3 nitrogen and oxygen atoms in total. The van der Waals surface area contributed by atoms with Gasteiger partial charge in [0.05, 0.1) is 6.10 Å². The summed E-state index contributed by atoms with van der Waals surface area (Å²) in [5, 5.41) is 10.2. The molecule has 1 aliphatic carbocycles. The van der Waals surface area contributed by atoms with E-state index in [1.165, 1.54) is 18.4 Å². The van der Waals surface area contributed by atoms with E-state index < -0.39 is 0 Å². The molecule has 1 saturated carbocycles. The first kappa shape index (κ1) is 11.8. The molecule has 1 aliphatic heterocycles. The van der Waals surface area contributed by atoms with Gasteiger partial charge in [-0.15, -0.1) is 0 Å². The van der Waals surface area contributed by atoms with Crippen molar-refractivity contribution in [2.24, 2.45) is 5.41 Å². The smallest absolute Gasteiger partial charge is 0.231 e. The third-order valence-electron chi connectivity index (χ3n) is 4.45. The summed E-state index contributed by atoms with van der Waals surface area (Å²) in [4.78, 5) is 0. The molecular weight excluding hydrogens is 228 g/mol. The summed E-state index contributed by atoms with van der Waals surface area (Å²) in [7, 11) is 0. The van der Waals surface area contributed by atoms with Crippen LogP contribution < -0.4 is 9.47 Å². The van der Waals surface area contributed by atoms with Gasteiger partial charge in [-0.2, -0.15) is 0 Å². The Balaban J connectivity index is 1.60. The van der Waals surface area contributed by atoms with Crippen LogP contribution in [0.3, 0.4) is 0 Å². The number of fused-ring (bicyclic) bond motifs is 1. The number of benzene rings is 1. The van der Waals surface area contributed by atoms with Gasteiger partial charge in [-0.05, 0) is 55.2 Å². The lowest BCUT2D eigenvalue weighted by Gasteiger charge is -2.20. The molecule has 1 aromatic carbocycles. The number of aliphatic hydroxyl groups excluding tert-OH is 1. The average Bonchev–Trinajstić information content (AvgIpc) is 3.07. The third-order valence-corrected chi connectivity index (χ3v) is 4.45. The van der Waals surface area contributed by atoms with Gasteiger partial charge < -0.3 is 14.6 Å². The number of aryl methyl sites for hydroxylation is 1. The highest BCUT2D eigenvalue weighted by atomic mass is 16.7. The van der Waals surface area contributed by atoms with Gasteiger partial charge >= 0.3 is 0 Å². The van der Waals surface area contributed by atoms with Crippen molar-refractivity contribution >= 4 is 0 Å². The van der Waals surface area contributed by atoms with E-state index in [0.717, 1.165) is 30.8 Å². The number of aliphatic hydroxyl groups is 1. The molecule has 1 aromatic rings. The molecule has 98 valence electrons. The van der Waals surface area contributed by atoms with E-state index in [9.17, 15) is 5.11 Å². The molecule has 0 amide bonds. The number of ether oxygens (including phenoxy) is 2. The lowest BCUT2D eigenvalue weighted by molar-refractivity contribution is 0.0820. The summed E-state index contributed by atoms with van der Waals surface area (Å²) < 4.78 is 10.7. The zero-order chi connectivity index (χ0) is 12.6. The molecule has 1 N–H and O–H groups in total. The first-order chi connectivity index (χ1) is 8.73. The second-order valence-electron chi connectivity index (χ2n) is 5.46. The van der Waals surface area contributed by atoms with Crippen LogP contribution in [-0.2, 0) is 6.42 Å². The topological polar surface area (TPSA) is 38.7 Å². The first-order valence-corrected chi connectivity index (χ1v) is 6.80. The van der Waals surface area contributed by atoms with Gasteiger partial charge in [-0.1, -0.05) is 13.0 Å². The molecule has 3 heteroatoms. The predicted octanol–water partition coefficient (Wildman–Crippen LogP) is 2.90. The number of hydrogen-bond donors (Lipinski definition) is 1. The Hall–Kier alpha value is -1.22. The van der Waals surface area contributed by atoms with Gasteiger partial charge in [0.15, 0.2) is 11.5 Å². The van der Waals surface area contributed by atoms with Crippen LogP contribution >= 0.6 is 0 Å². The van der Waals surface area contributed by atoms with E-state index in [-0.39, 0.29) is 11.5 Å². The highest BCUT2D eigenvalue weighted by Crippen LogP contribution is 2.52. The maximum atomic E-state index is 10.2. The molecular formula is C15H20O3. The van der Waals surface area contributed by atoms with Crippen molar-refractivity contribution in [1.29, 1.82) is 0 Å². The van der Waals surface area contributed by atoms with Crippen LogP contribution in [0.1, 0.15) is 38.2 Å². The molecule has 1 heterocycles. The van der Waals surface area contributed by atoms with Crippen LogP contribution in [0.25, 0.3) is 0 Å². The summed E-state index contributed by atoms with van der Waals surface area (Å²) in [5.41, 5.74) is 1.45.